The Hall–Kier alpha value is -4.19. The number of unbranched alkanes of at least 4 members (excludes halogenated alkanes) is 12. The van der Waals surface area contributed by atoms with Gasteiger partial charge in [-0.2, -0.15) is 0 Å². The van der Waals surface area contributed by atoms with Crippen molar-refractivity contribution in [3.8, 4) is 0 Å². The quantitative estimate of drug-likeness (QED) is 0.0263. The third kappa shape index (κ3) is 48.7. The second-order valence-corrected chi connectivity index (χ2v) is 16.0. The Labute approximate surface area is 386 Å². The van der Waals surface area contributed by atoms with Crippen molar-refractivity contribution in [2.45, 2.75) is 207 Å². The lowest BCUT2D eigenvalue weighted by atomic mass is 10.1. The van der Waals surface area contributed by atoms with E-state index in [1.54, 1.807) is 0 Å². The molecule has 0 saturated carbocycles. The van der Waals surface area contributed by atoms with Crippen LogP contribution < -0.4 is 0 Å². The first kappa shape index (κ1) is 58.8. The van der Waals surface area contributed by atoms with Gasteiger partial charge in [0.05, 0.1) is 0 Å². The summed E-state index contributed by atoms with van der Waals surface area (Å²) < 4.78 is 16.6. The van der Waals surface area contributed by atoms with Gasteiger partial charge in [0.1, 0.15) is 13.2 Å². The van der Waals surface area contributed by atoms with E-state index in [9.17, 15) is 14.4 Å². The predicted octanol–water partition coefficient (Wildman–Crippen LogP) is 16.5. The normalized spacial score (nSPS) is 13.1. The third-order valence-corrected chi connectivity index (χ3v) is 9.93. The fourth-order valence-corrected chi connectivity index (χ4v) is 6.23. The van der Waals surface area contributed by atoms with Crippen molar-refractivity contribution in [2.75, 3.05) is 13.2 Å². The van der Waals surface area contributed by atoms with E-state index in [0.717, 1.165) is 103 Å². The van der Waals surface area contributed by atoms with E-state index in [1.165, 1.54) is 44.9 Å². The van der Waals surface area contributed by atoms with E-state index in [1.807, 2.05) is 0 Å². The standard InChI is InChI=1S/C57H90O6/c1-4-7-10-13-16-19-21-23-25-27-28-30-31-33-35-38-41-44-47-50-56(59)62-53-54(52-61-55(58)49-46-43-40-37-18-15-12-9-6-3)63-57(60)51-48-45-42-39-36-34-32-29-26-24-22-20-17-14-11-8-5-2/h7,9-10,12,16,18-19,23-26,28,30,32-35,37,39,42,54H,4-6,8,11,13-15,17,20-22,27,29,31,36,38,40-41,43-53H2,1-3H3/b10-7-,12-9-,19-16-,25-23-,26-24-,30-28-,34-32-,35-33-,37-18-,42-39-. The Morgan fingerprint density at radius 1 is 0.333 bits per heavy atom. The van der Waals surface area contributed by atoms with E-state index in [-0.39, 0.29) is 37.5 Å². The van der Waals surface area contributed by atoms with Crippen molar-refractivity contribution in [3.63, 3.8) is 0 Å². The van der Waals surface area contributed by atoms with E-state index in [0.29, 0.717) is 25.7 Å². The summed E-state index contributed by atoms with van der Waals surface area (Å²) in [7, 11) is 0. The molecule has 0 aliphatic heterocycles. The molecular formula is C57H90O6. The zero-order valence-corrected chi connectivity index (χ0v) is 40.3. The molecule has 0 aliphatic rings. The van der Waals surface area contributed by atoms with Crippen LogP contribution in [-0.2, 0) is 28.6 Å². The summed E-state index contributed by atoms with van der Waals surface area (Å²) in [6.45, 7) is 6.26. The lowest BCUT2D eigenvalue weighted by Crippen LogP contribution is -2.30. The van der Waals surface area contributed by atoms with Crippen molar-refractivity contribution in [1.29, 1.82) is 0 Å². The number of hydrogen-bond acceptors (Lipinski definition) is 6. The zero-order valence-electron chi connectivity index (χ0n) is 40.3. The molecule has 1 unspecified atom stereocenters. The summed E-state index contributed by atoms with van der Waals surface area (Å²) in [5.41, 5.74) is 0. The minimum absolute atomic E-state index is 0.129. The van der Waals surface area contributed by atoms with Gasteiger partial charge in [-0.3, -0.25) is 14.4 Å². The Bertz CT molecular complexity index is 1370. The highest BCUT2D eigenvalue weighted by atomic mass is 16.6. The van der Waals surface area contributed by atoms with Crippen LogP contribution in [-0.4, -0.2) is 37.2 Å². The van der Waals surface area contributed by atoms with Gasteiger partial charge in [0.15, 0.2) is 6.10 Å². The van der Waals surface area contributed by atoms with Gasteiger partial charge in [-0.05, 0) is 122 Å². The van der Waals surface area contributed by atoms with Crippen LogP contribution in [0.15, 0.2) is 122 Å². The number of allylic oxidation sites excluding steroid dienone is 20. The second-order valence-electron chi connectivity index (χ2n) is 16.0. The molecule has 6 heteroatoms. The molecule has 0 rings (SSSR count). The second kappa shape index (κ2) is 50.5. The molecule has 0 amide bonds. The van der Waals surface area contributed by atoms with E-state index in [4.69, 9.17) is 14.2 Å². The van der Waals surface area contributed by atoms with Crippen molar-refractivity contribution >= 4 is 17.9 Å². The minimum Gasteiger partial charge on any atom is -0.462 e. The van der Waals surface area contributed by atoms with Crippen LogP contribution >= 0.6 is 0 Å². The molecule has 6 nitrogen and oxygen atoms in total. The summed E-state index contributed by atoms with van der Waals surface area (Å²) >= 11 is 0. The van der Waals surface area contributed by atoms with E-state index in [2.05, 4.69) is 142 Å². The molecular weight excluding hydrogens is 781 g/mol. The first-order chi connectivity index (χ1) is 31.0. The zero-order chi connectivity index (χ0) is 45.8. The molecule has 0 radical (unpaired) electrons. The molecule has 354 valence electrons. The Kier molecular flexibility index (Phi) is 47.1. The summed E-state index contributed by atoms with van der Waals surface area (Å²) in [6.07, 6.45) is 69.2. The molecule has 0 aromatic rings. The molecule has 0 N–H and O–H groups in total. The third-order valence-electron chi connectivity index (χ3n) is 9.93. The van der Waals surface area contributed by atoms with Gasteiger partial charge in [0.25, 0.3) is 0 Å². The highest BCUT2D eigenvalue weighted by Crippen LogP contribution is 2.11. The van der Waals surface area contributed by atoms with E-state index >= 15 is 0 Å². The summed E-state index contributed by atoms with van der Waals surface area (Å²) in [4.78, 5) is 37.8. The van der Waals surface area contributed by atoms with Crippen LogP contribution in [0.1, 0.15) is 201 Å². The number of carbonyl (C=O) groups is 3. The Morgan fingerprint density at radius 2 is 0.635 bits per heavy atom. The number of hydrogen-bond donors (Lipinski definition) is 0. The van der Waals surface area contributed by atoms with Crippen LogP contribution in [0.2, 0.25) is 0 Å². The maximum atomic E-state index is 12.7. The monoisotopic (exact) mass is 871 g/mol. The number of carbonyl (C=O) groups excluding carboxylic acids is 3. The van der Waals surface area contributed by atoms with Crippen LogP contribution in [0.25, 0.3) is 0 Å². The number of rotatable bonds is 43. The molecule has 0 aliphatic carbocycles. The molecule has 1 atom stereocenters. The topological polar surface area (TPSA) is 78.9 Å². The highest BCUT2D eigenvalue weighted by Gasteiger charge is 2.19. The smallest absolute Gasteiger partial charge is 0.306 e. The van der Waals surface area contributed by atoms with Gasteiger partial charge in [-0.25, -0.2) is 0 Å². The Balaban J connectivity index is 4.52. The highest BCUT2D eigenvalue weighted by molar-refractivity contribution is 5.71. The van der Waals surface area contributed by atoms with Crippen LogP contribution in [0.5, 0.6) is 0 Å². The molecule has 0 aromatic heterocycles. The van der Waals surface area contributed by atoms with Crippen LogP contribution in [0.4, 0.5) is 0 Å². The first-order valence-corrected chi connectivity index (χ1v) is 25.0. The molecule has 0 saturated heterocycles. The molecule has 0 heterocycles. The molecule has 0 bridgehead atoms. The molecule has 0 aromatic carbocycles. The van der Waals surface area contributed by atoms with E-state index < -0.39 is 6.10 Å². The van der Waals surface area contributed by atoms with Gasteiger partial charge < -0.3 is 14.2 Å². The maximum absolute atomic E-state index is 12.7. The van der Waals surface area contributed by atoms with Crippen molar-refractivity contribution in [3.05, 3.63) is 122 Å². The van der Waals surface area contributed by atoms with Crippen molar-refractivity contribution < 1.29 is 28.6 Å². The average Bonchev–Trinajstić information content (AvgIpc) is 3.28. The maximum Gasteiger partial charge on any atom is 0.306 e. The Morgan fingerprint density at radius 3 is 1.05 bits per heavy atom. The van der Waals surface area contributed by atoms with Gasteiger partial charge in [-0.1, -0.05) is 181 Å². The van der Waals surface area contributed by atoms with Crippen LogP contribution in [0.3, 0.4) is 0 Å². The molecule has 0 fully saturated rings. The number of esters is 3. The van der Waals surface area contributed by atoms with Gasteiger partial charge in [-0.15, -0.1) is 0 Å². The average molecular weight is 871 g/mol. The minimum atomic E-state index is -0.833. The fraction of sp³-hybridized carbons (Fsp3) is 0.596. The predicted molar refractivity (Wildman–Crippen MR) is 269 cm³/mol. The fourth-order valence-electron chi connectivity index (χ4n) is 6.23. The van der Waals surface area contributed by atoms with Gasteiger partial charge in [0, 0.05) is 19.3 Å². The first-order valence-electron chi connectivity index (χ1n) is 25.0. The summed E-state index contributed by atoms with van der Waals surface area (Å²) in [6, 6.07) is 0. The summed E-state index contributed by atoms with van der Waals surface area (Å²) in [5.74, 6) is -1.06. The lowest BCUT2D eigenvalue weighted by molar-refractivity contribution is -0.167. The SMILES string of the molecule is CC/C=C\C/C=C\C/C=C\C/C=C\C/C=C\CCCCCC(=O)OCC(COC(=O)CCCC/C=C\C/C=C\CC)OC(=O)CCC/C=C\C/C=C\C/C=C\CCCCCCCC. The summed E-state index contributed by atoms with van der Waals surface area (Å²) in [5, 5.41) is 0. The van der Waals surface area contributed by atoms with Crippen molar-refractivity contribution in [2.24, 2.45) is 0 Å². The lowest BCUT2D eigenvalue weighted by Gasteiger charge is -2.18. The largest absolute Gasteiger partial charge is 0.462 e. The molecule has 0 spiro atoms. The van der Waals surface area contributed by atoms with Crippen LogP contribution in [0, 0.1) is 0 Å². The van der Waals surface area contributed by atoms with Crippen molar-refractivity contribution in [1.82, 2.24) is 0 Å². The number of ether oxygens (including phenoxy) is 3. The van der Waals surface area contributed by atoms with Gasteiger partial charge >= 0.3 is 17.9 Å². The molecule has 63 heavy (non-hydrogen) atoms. The van der Waals surface area contributed by atoms with Gasteiger partial charge in [0.2, 0.25) is 0 Å².